The summed E-state index contributed by atoms with van der Waals surface area (Å²) < 4.78 is 64.1. The van der Waals surface area contributed by atoms with E-state index in [9.17, 15) is 0 Å². The van der Waals surface area contributed by atoms with Crippen molar-refractivity contribution in [3.05, 3.63) is 89.6 Å². The van der Waals surface area contributed by atoms with Crippen molar-refractivity contribution < 1.29 is 14.0 Å². The van der Waals surface area contributed by atoms with Crippen LogP contribution in [0.1, 0.15) is 46.0 Å². The lowest BCUT2D eigenvalue weighted by atomic mass is 9.95. The number of pyridine rings is 1. The average molecular weight is 423 g/mol. The van der Waals surface area contributed by atoms with Crippen LogP contribution in [0.4, 0.5) is 0 Å². The Hall–Kier alpha value is -3.65. The maximum atomic E-state index is 8.45. The van der Waals surface area contributed by atoms with Gasteiger partial charge < -0.3 is 4.42 Å². The highest BCUT2D eigenvalue weighted by Gasteiger charge is 2.17. The quantitative estimate of drug-likeness (QED) is 0.261. The number of benzene rings is 4. The molecule has 0 spiro atoms. The van der Waals surface area contributed by atoms with E-state index in [0.29, 0.717) is 44.0 Å². The summed E-state index contributed by atoms with van der Waals surface area (Å²) in [5.41, 5.74) is 3.04. The van der Waals surface area contributed by atoms with Gasteiger partial charge in [-0.25, -0.2) is 0 Å². The van der Waals surface area contributed by atoms with Crippen LogP contribution in [0.15, 0.2) is 77.3 Å². The van der Waals surface area contributed by atoms with Crippen molar-refractivity contribution in [3.8, 4) is 11.3 Å². The molecule has 2 heteroatoms. The Kier molecular flexibility index (Phi) is 2.82. The fraction of sp³-hybridized carbons (Fsp3) is 0.167. The zero-order chi connectivity index (χ0) is 27.9. The van der Waals surface area contributed by atoms with Crippen LogP contribution in [-0.4, -0.2) is 4.98 Å². The number of furan rings is 1. The van der Waals surface area contributed by atoms with Crippen LogP contribution >= 0.6 is 0 Å². The molecular weight excluding hydrogens is 390 g/mol. The molecule has 6 aromatic rings. The van der Waals surface area contributed by atoms with E-state index in [1.807, 2.05) is 36.4 Å². The van der Waals surface area contributed by atoms with Crippen LogP contribution in [0.2, 0.25) is 0 Å². The molecule has 0 aliphatic carbocycles. The molecule has 0 fully saturated rings. The zero-order valence-electron chi connectivity index (χ0n) is 24.8. The van der Waals surface area contributed by atoms with Crippen molar-refractivity contribution in [1.82, 2.24) is 4.98 Å². The predicted octanol–water partition coefficient (Wildman–Crippen LogP) is 8.69. The number of hydrogen-bond acceptors (Lipinski definition) is 2. The summed E-state index contributed by atoms with van der Waals surface area (Å²) in [6.45, 7) is -1.19. The van der Waals surface area contributed by atoms with Gasteiger partial charge in [0.05, 0.1) is 5.69 Å². The van der Waals surface area contributed by atoms with Crippen LogP contribution < -0.4 is 0 Å². The third-order valence-corrected chi connectivity index (χ3v) is 6.21. The van der Waals surface area contributed by atoms with Crippen molar-refractivity contribution >= 4 is 43.5 Å². The van der Waals surface area contributed by atoms with E-state index < -0.39 is 19.6 Å². The number of nitrogens with zero attached hydrogens (tertiary/aromatic N) is 1. The fourth-order valence-electron chi connectivity index (χ4n) is 4.56. The number of rotatable bonds is 2. The molecule has 0 N–H and O–H groups in total. The highest BCUT2D eigenvalue weighted by Crippen LogP contribution is 2.41. The molecule has 2 nitrogen and oxygen atoms in total. The first-order valence-electron chi connectivity index (χ1n) is 14.1. The zero-order valence-corrected chi connectivity index (χ0v) is 17.8. The summed E-state index contributed by atoms with van der Waals surface area (Å²) in [4.78, 5) is 4.52. The Balaban J connectivity index is 1.78. The van der Waals surface area contributed by atoms with Gasteiger partial charge in [-0.2, -0.15) is 0 Å². The summed E-state index contributed by atoms with van der Waals surface area (Å²) >= 11 is 0. The van der Waals surface area contributed by atoms with E-state index in [0.717, 1.165) is 16.3 Å². The van der Waals surface area contributed by atoms with Gasteiger partial charge in [0.25, 0.3) is 0 Å². The topological polar surface area (TPSA) is 26.0 Å². The van der Waals surface area contributed by atoms with Gasteiger partial charge >= 0.3 is 0 Å². The molecule has 2 heterocycles. The lowest BCUT2D eigenvalue weighted by Gasteiger charge is -2.09. The van der Waals surface area contributed by atoms with Gasteiger partial charge in [0.2, 0.25) is 0 Å². The van der Waals surface area contributed by atoms with Crippen molar-refractivity contribution in [1.29, 1.82) is 0 Å². The van der Waals surface area contributed by atoms with E-state index >= 15 is 0 Å². The van der Waals surface area contributed by atoms with Gasteiger partial charge in [0.1, 0.15) is 11.2 Å². The van der Waals surface area contributed by atoms with Crippen LogP contribution in [0.5, 0.6) is 0 Å². The molecule has 0 aliphatic rings. The van der Waals surface area contributed by atoms with Gasteiger partial charge in [0.15, 0.2) is 0 Å². The van der Waals surface area contributed by atoms with Crippen LogP contribution in [0.3, 0.4) is 0 Å². The summed E-state index contributed by atoms with van der Waals surface area (Å²) in [6.07, 6.45) is 1.64. The van der Waals surface area contributed by atoms with E-state index in [4.69, 9.17) is 14.0 Å². The van der Waals surface area contributed by atoms with Crippen molar-refractivity contribution in [2.24, 2.45) is 0 Å². The van der Waals surface area contributed by atoms with Crippen molar-refractivity contribution in [3.63, 3.8) is 0 Å². The molecule has 2 aromatic heterocycles. The standard InChI is InChI=1S/C30H25NO/c1-17(2)20-11-12-31-27(14-20)23-10-9-18(3)29-26-15-25-22-8-6-5-7-21(22)13-19(4)24(25)16-28(26)32-30(23)29/h5-17H,1-4H3/i3D3,4D3,17D. The summed E-state index contributed by atoms with van der Waals surface area (Å²) in [6, 6.07) is 19.7. The highest BCUT2D eigenvalue weighted by molar-refractivity contribution is 6.19. The Labute approximate surface area is 197 Å². The third kappa shape index (κ3) is 2.76. The smallest absolute Gasteiger partial charge is 0.145 e. The van der Waals surface area contributed by atoms with Crippen LogP contribution in [0.25, 0.3) is 54.7 Å². The Morgan fingerprint density at radius 1 is 0.844 bits per heavy atom. The molecule has 0 bridgehead atoms. The number of aromatic nitrogens is 1. The van der Waals surface area contributed by atoms with E-state index in [1.165, 1.54) is 0 Å². The van der Waals surface area contributed by atoms with Crippen molar-refractivity contribution in [2.45, 2.75) is 33.4 Å². The van der Waals surface area contributed by atoms with E-state index in [-0.39, 0.29) is 11.1 Å². The molecule has 4 aromatic carbocycles. The largest absolute Gasteiger partial charge is 0.455 e. The maximum absolute atomic E-state index is 8.45. The van der Waals surface area contributed by atoms with E-state index in [1.54, 1.807) is 50.4 Å². The first-order chi connectivity index (χ1) is 18.2. The second-order valence-corrected chi connectivity index (χ2v) is 8.44. The number of hydrogen-bond donors (Lipinski definition) is 0. The average Bonchev–Trinajstić information content (AvgIpc) is 3.23. The number of aryl methyl sites for hydroxylation is 2. The second-order valence-electron chi connectivity index (χ2n) is 8.44. The Morgan fingerprint density at radius 2 is 1.72 bits per heavy atom. The maximum Gasteiger partial charge on any atom is 0.145 e. The van der Waals surface area contributed by atoms with Gasteiger partial charge in [-0.3, -0.25) is 4.98 Å². The fourth-order valence-corrected chi connectivity index (χ4v) is 4.56. The highest BCUT2D eigenvalue weighted by atomic mass is 16.3. The lowest BCUT2D eigenvalue weighted by Crippen LogP contribution is -1.91. The molecule has 0 radical (unpaired) electrons. The molecule has 156 valence electrons. The monoisotopic (exact) mass is 422 g/mol. The SMILES string of the molecule is [2H]C([2H])([2H])c1cc2ccccc2c2cc3c(cc12)oc1c(-c2cc(C([2H])(C)C)ccn2)ccc(C([2H])([2H])[2H])c13. The molecule has 0 aliphatic heterocycles. The van der Waals surface area contributed by atoms with Gasteiger partial charge in [-0.05, 0) is 88.2 Å². The van der Waals surface area contributed by atoms with Gasteiger partial charge in [-0.1, -0.05) is 50.2 Å². The molecule has 0 saturated carbocycles. The van der Waals surface area contributed by atoms with Crippen LogP contribution in [0, 0.1) is 13.7 Å². The molecule has 0 saturated heterocycles. The van der Waals surface area contributed by atoms with Crippen LogP contribution in [-0.2, 0) is 0 Å². The molecule has 0 unspecified atom stereocenters. The third-order valence-electron chi connectivity index (χ3n) is 6.21. The molecular formula is C30H25NO. The molecule has 32 heavy (non-hydrogen) atoms. The van der Waals surface area contributed by atoms with E-state index in [2.05, 4.69) is 4.98 Å². The first-order valence-corrected chi connectivity index (χ1v) is 10.6. The minimum atomic E-state index is -2.41. The van der Waals surface area contributed by atoms with Gasteiger partial charge in [0, 0.05) is 32.1 Å². The lowest BCUT2D eigenvalue weighted by molar-refractivity contribution is 0.670. The second kappa shape index (κ2) is 6.93. The molecule has 6 rings (SSSR count). The van der Waals surface area contributed by atoms with Gasteiger partial charge in [-0.15, -0.1) is 0 Å². The van der Waals surface area contributed by atoms with Crippen molar-refractivity contribution in [2.75, 3.05) is 0 Å². The Morgan fingerprint density at radius 3 is 2.56 bits per heavy atom. The Bertz CT molecular complexity index is 1930. The summed E-state index contributed by atoms with van der Waals surface area (Å²) in [5, 5.41) is 3.95. The first kappa shape index (κ1) is 13.0. The molecule has 0 atom stereocenters. The number of fused-ring (bicyclic) bond motifs is 6. The summed E-state index contributed by atoms with van der Waals surface area (Å²) in [5.74, 6) is -0.853. The summed E-state index contributed by atoms with van der Waals surface area (Å²) in [7, 11) is 0. The predicted molar refractivity (Wildman–Crippen MR) is 136 cm³/mol. The minimum absolute atomic E-state index is 0.146. The molecule has 0 amide bonds. The minimum Gasteiger partial charge on any atom is -0.455 e. The normalized spacial score (nSPS) is 16.4.